The van der Waals surface area contributed by atoms with Crippen LogP contribution in [0.25, 0.3) is 0 Å². The second-order valence-corrected chi connectivity index (χ2v) is 3.49. The number of nitriles is 1. The van der Waals surface area contributed by atoms with Gasteiger partial charge in [-0.2, -0.15) is 5.26 Å². The van der Waals surface area contributed by atoms with E-state index in [-0.39, 0.29) is 5.25 Å². The van der Waals surface area contributed by atoms with E-state index in [1.807, 2.05) is 6.07 Å². The topological polar surface area (TPSA) is 61.1 Å². The summed E-state index contributed by atoms with van der Waals surface area (Å²) in [4.78, 5) is 0. The molecule has 0 bridgehead atoms. The van der Waals surface area contributed by atoms with E-state index < -0.39 is 11.1 Å². The SMILES string of the molecule is CC(CCCC#N)S(=O)O. The highest BCUT2D eigenvalue weighted by atomic mass is 32.2. The fraction of sp³-hybridized carbons (Fsp3) is 0.833. The van der Waals surface area contributed by atoms with Gasteiger partial charge < -0.3 is 4.55 Å². The highest BCUT2D eigenvalue weighted by molar-refractivity contribution is 7.79. The molecule has 0 amide bonds. The molecular weight excluding hydrogens is 150 g/mol. The van der Waals surface area contributed by atoms with Crippen molar-refractivity contribution in [3.8, 4) is 6.07 Å². The van der Waals surface area contributed by atoms with Gasteiger partial charge in [-0.05, 0) is 19.8 Å². The summed E-state index contributed by atoms with van der Waals surface area (Å²) in [5.41, 5.74) is 0. The smallest absolute Gasteiger partial charge is 0.155 e. The molecule has 0 rings (SSSR count). The fourth-order valence-electron chi connectivity index (χ4n) is 0.569. The van der Waals surface area contributed by atoms with Crippen molar-refractivity contribution in [3.63, 3.8) is 0 Å². The molecule has 0 aromatic carbocycles. The third-order valence-corrected chi connectivity index (χ3v) is 2.17. The molecule has 0 spiro atoms. The van der Waals surface area contributed by atoms with Crippen LogP contribution in [0.4, 0.5) is 0 Å². The first-order chi connectivity index (χ1) is 4.68. The lowest BCUT2D eigenvalue weighted by atomic mass is 10.2. The van der Waals surface area contributed by atoms with Crippen molar-refractivity contribution in [2.75, 3.05) is 0 Å². The Morgan fingerprint density at radius 2 is 2.40 bits per heavy atom. The Morgan fingerprint density at radius 3 is 2.80 bits per heavy atom. The van der Waals surface area contributed by atoms with E-state index in [2.05, 4.69) is 0 Å². The van der Waals surface area contributed by atoms with Crippen LogP contribution in [0, 0.1) is 11.3 Å². The van der Waals surface area contributed by atoms with Crippen LogP contribution >= 0.6 is 0 Å². The van der Waals surface area contributed by atoms with Crippen molar-refractivity contribution < 1.29 is 8.76 Å². The van der Waals surface area contributed by atoms with E-state index in [0.29, 0.717) is 19.3 Å². The second-order valence-electron chi connectivity index (χ2n) is 2.14. The minimum Gasteiger partial charge on any atom is -0.306 e. The number of unbranched alkanes of at least 4 members (excludes halogenated alkanes) is 1. The van der Waals surface area contributed by atoms with Gasteiger partial charge in [-0.3, -0.25) is 0 Å². The molecule has 2 unspecified atom stereocenters. The Hall–Kier alpha value is -0.400. The molecule has 0 saturated carbocycles. The third kappa shape index (κ3) is 4.48. The predicted octanol–water partition coefficient (Wildman–Crippen LogP) is 1.29. The number of rotatable bonds is 4. The molecule has 58 valence electrons. The molecule has 0 heterocycles. The minimum absolute atomic E-state index is 0.201. The Bertz CT molecular complexity index is 152. The average molecular weight is 161 g/mol. The molecule has 3 nitrogen and oxygen atoms in total. The van der Waals surface area contributed by atoms with Gasteiger partial charge in [0.1, 0.15) is 0 Å². The second kappa shape index (κ2) is 5.39. The van der Waals surface area contributed by atoms with Gasteiger partial charge >= 0.3 is 0 Å². The summed E-state index contributed by atoms with van der Waals surface area (Å²) in [6.07, 6.45) is 1.84. The molecule has 4 heteroatoms. The summed E-state index contributed by atoms with van der Waals surface area (Å²) < 4.78 is 18.8. The molecule has 0 radical (unpaired) electrons. The van der Waals surface area contributed by atoms with Crippen LogP contribution in [0.15, 0.2) is 0 Å². The Kier molecular flexibility index (Phi) is 5.17. The van der Waals surface area contributed by atoms with E-state index in [1.165, 1.54) is 0 Å². The van der Waals surface area contributed by atoms with Gasteiger partial charge in [0, 0.05) is 6.42 Å². The van der Waals surface area contributed by atoms with Gasteiger partial charge in [0.2, 0.25) is 0 Å². The maximum atomic E-state index is 10.3. The summed E-state index contributed by atoms with van der Waals surface area (Å²) in [6.45, 7) is 1.70. The van der Waals surface area contributed by atoms with E-state index in [9.17, 15) is 4.21 Å². The first-order valence-electron chi connectivity index (χ1n) is 3.15. The molecule has 0 aromatic heterocycles. The zero-order valence-electron chi connectivity index (χ0n) is 5.91. The Morgan fingerprint density at radius 1 is 1.80 bits per heavy atom. The van der Waals surface area contributed by atoms with Gasteiger partial charge in [-0.1, -0.05) is 0 Å². The maximum absolute atomic E-state index is 10.3. The van der Waals surface area contributed by atoms with Crippen LogP contribution in [-0.2, 0) is 11.1 Å². The van der Waals surface area contributed by atoms with Crippen LogP contribution in [0.2, 0.25) is 0 Å². The summed E-state index contributed by atoms with van der Waals surface area (Å²) in [6, 6.07) is 1.98. The summed E-state index contributed by atoms with van der Waals surface area (Å²) >= 11 is -1.72. The van der Waals surface area contributed by atoms with Crippen LogP contribution in [-0.4, -0.2) is 14.0 Å². The van der Waals surface area contributed by atoms with Gasteiger partial charge in [-0.25, -0.2) is 4.21 Å². The molecule has 0 saturated heterocycles. The fourth-order valence-corrected chi connectivity index (χ4v) is 0.938. The zero-order valence-corrected chi connectivity index (χ0v) is 6.73. The van der Waals surface area contributed by atoms with Gasteiger partial charge in [0.15, 0.2) is 11.1 Å². The summed E-state index contributed by atoms with van der Waals surface area (Å²) in [7, 11) is 0. The molecule has 10 heavy (non-hydrogen) atoms. The molecule has 0 fully saturated rings. The molecule has 1 N–H and O–H groups in total. The van der Waals surface area contributed by atoms with Crippen molar-refractivity contribution in [2.45, 2.75) is 31.4 Å². The Balaban J connectivity index is 3.32. The van der Waals surface area contributed by atoms with E-state index in [1.54, 1.807) is 6.92 Å². The maximum Gasteiger partial charge on any atom is 0.155 e. The summed E-state index contributed by atoms with van der Waals surface area (Å²) in [5, 5.41) is 7.93. The van der Waals surface area contributed by atoms with E-state index >= 15 is 0 Å². The monoisotopic (exact) mass is 161 g/mol. The summed E-state index contributed by atoms with van der Waals surface area (Å²) in [5.74, 6) is 0. The van der Waals surface area contributed by atoms with E-state index in [0.717, 1.165) is 0 Å². The third-order valence-electron chi connectivity index (χ3n) is 1.24. The molecular formula is C6H11NO2S. The van der Waals surface area contributed by atoms with Crippen molar-refractivity contribution in [2.24, 2.45) is 0 Å². The molecule has 2 atom stereocenters. The Labute approximate surface area is 63.3 Å². The van der Waals surface area contributed by atoms with Gasteiger partial charge in [0.25, 0.3) is 0 Å². The standard InChI is InChI=1S/C6H11NO2S/c1-6(10(8)9)4-2-3-5-7/h6H,2-4H2,1H3,(H,8,9). The minimum atomic E-state index is -1.72. The van der Waals surface area contributed by atoms with Crippen LogP contribution in [0.5, 0.6) is 0 Å². The van der Waals surface area contributed by atoms with Crippen molar-refractivity contribution in [1.82, 2.24) is 0 Å². The lowest BCUT2D eigenvalue weighted by molar-refractivity contribution is 0.542. The van der Waals surface area contributed by atoms with Crippen LogP contribution in [0.1, 0.15) is 26.2 Å². The average Bonchev–Trinajstić information content (AvgIpc) is 1.88. The first-order valence-corrected chi connectivity index (χ1v) is 4.32. The van der Waals surface area contributed by atoms with Gasteiger partial charge in [0.05, 0.1) is 11.3 Å². The highest BCUT2D eigenvalue weighted by Crippen LogP contribution is 2.04. The predicted molar refractivity (Wildman–Crippen MR) is 39.7 cm³/mol. The number of hydrogen-bond acceptors (Lipinski definition) is 2. The quantitative estimate of drug-likeness (QED) is 0.499. The van der Waals surface area contributed by atoms with Crippen molar-refractivity contribution in [3.05, 3.63) is 0 Å². The lowest BCUT2D eigenvalue weighted by Crippen LogP contribution is -2.08. The molecule has 0 aromatic rings. The van der Waals surface area contributed by atoms with E-state index in [4.69, 9.17) is 9.81 Å². The van der Waals surface area contributed by atoms with Gasteiger partial charge in [-0.15, -0.1) is 0 Å². The van der Waals surface area contributed by atoms with Crippen LogP contribution in [0.3, 0.4) is 0 Å². The van der Waals surface area contributed by atoms with Crippen LogP contribution < -0.4 is 0 Å². The lowest BCUT2D eigenvalue weighted by Gasteiger charge is -2.02. The zero-order chi connectivity index (χ0) is 7.98. The number of hydrogen-bond donors (Lipinski definition) is 1. The van der Waals surface area contributed by atoms with Crippen molar-refractivity contribution >= 4 is 11.1 Å². The molecule has 0 aliphatic carbocycles. The molecule has 0 aliphatic rings. The largest absolute Gasteiger partial charge is 0.306 e. The highest BCUT2D eigenvalue weighted by Gasteiger charge is 2.06. The van der Waals surface area contributed by atoms with Crippen molar-refractivity contribution in [1.29, 1.82) is 5.26 Å². The molecule has 0 aliphatic heterocycles. The first kappa shape index (κ1) is 9.60. The number of nitrogens with zero attached hydrogens (tertiary/aromatic N) is 1. The normalized spacial score (nSPS) is 15.7.